The fourth-order valence-electron chi connectivity index (χ4n) is 3.04. The first-order valence-corrected chi connectivity index (χ1v) is 8.39. The third-order valence-corrected chi connectivity index (χ3v) is 4.04. The van der Waals surface area contributed by atoms with Gasteiger partial charge in [-0.05, 0) is 49.2 Å². The minimum absolute atomic E-state index is 0.224. The summed E-state index contributed by atoms with van der Waals surface area (Å²) < 4.78 is 13.0. The summed E-state index contributed by atoms with van der Waals surface area (Å²) in [5.41, 5.74) is 4.18. The van der Waals surface area contributed by atoms with Crippen LogP contribution in [0.25, 0.3) is 11.0 Å². The molecule has 0 fully saturated rings. The summed E-state index contributed by atoms with van der Waals surface area (Å²) in [4.78, 5) is 4.58. The van der Waals surface area contributed by atoms with E-state index in [0.717, 1.165) is 33.7 Å². The molecule has 0 amide bonds. The Bertz CT molecular complexity index is 837. The van der Waals surface area contributed by atoms with Crippen LogP contribution >= 0.6 is 0 Å². The second-order valence-electron chi connectivity index (χ2n) is 6.35. The fraction of sp³-hybridized carbons (Fsp3) is 0.350. The van der Waals surface area contributed by atoms with Gasteiger partial charge in [0.1, 0.15) is 30.9 Å². The monoisotopic (exact) mass is 340 g/mol. The summed E-state index contributed by atoms with van der Waals surface area (Å²) in [5.74, 6) is 1.58. The summed E-state index contributed by atoms with van der Waals surface area (Å²) in [5, 5.41) is 10.5. The molecule has 2 aromatic carbocycles. The maximum atomic E-state index is 10.5. The number of para-hydroxylation sites is 2. The lowest BCUT2D eigenvalue weighted by molar-refractivity contribution is 0.0901. The van der Waals surface area contributed by atoms with Gasteiger partial charge >= 0.3 is 0 Å². The van der Waals surface area contributed by atoms with Crippen molar-refractivity contribution < 1.29 is 14.6 Å². The minimum atomic E-state index is -0.644. The highest BCUT2D eigenvalue weighted by molar-refractivity contribution is 5.75. The molecule has 25 heavy (non-hydrogen) atoms. The molecule has 5 nitrogen and oxygen atoms in total. The van der Waals surface area contributed by atoms with Crippen molar-refractivity contribution in [3.05, 3.63) is 59.4 Å². The smallest absolute Gasteiger partial charge is 0.136 e. The van der Waals surface area contributed by atoms with Gasteiger partial charge in [-0.2, -0.15) is 0 Å². The first kappa shape index (κ1) is 17.5. The van der Waals surface area contributed by atoms with Gasteiger partial charge in [-0.25, -0.2) is 4.98 Å². The molecule has 1 aromatic heterocycles. The topological polar surface area (TPSA) is 56.5 Å². The van der Waals surface area contributed by atoms with Gasteiger partial charge in [-0.3, -0.25) is 0 Å². The highest BCUT2D eigenvalue weighted by atomic mass is 16.5. The van der Waals surface area contributed by atoms with Gasteiger partial charge in [-0.15, -0.1) is 0 Å². The molecule has 0 aliphatic rings. The van der Waals surface area contributed by atoms with E-state index in [4.69, 9.17) is 9.47 Å². The molecule has 0 saturated carbocycles. The number of aliphatic hydroxyl groups is 1. The molecule has 0 radical (unpaired) electrons. The molecule has 1 atom stereocenters. The van der Waals surface area contributed by atoms with Crippen molar-refractivity contribution in [2.75, 3.05) is 13.7 Å². The van der Waals surface area contributed by atoms with E-state index in [1.165, 1.54) is 0 Å². The number of fused-ring (bicyclic) bond motifs is 1. The van der Waals surface area contributed by atoms with Crippen LogP contribution in [0, 0.1) is 13.8 Å². The van der Waals surface area contributed by atoms with E-state index in [0.29, 0.717) is 13.2 Å². The van der Waals surface area contributed by atoms with Crippen molar-refractivity contribution >= 4 is 11.0 Å². The Labute approximate surface area is 147 Å². The number of imidazole rings is 1. The predicted molar refractivity (Wildman–Crippen MR) is 97.9 cm³/mol. The number of rotatable bonds is 7. The summed E-state index contributed by atoms with van der Waals surface area (Å²) in [7, 11) is 1.64. The Kier molecular flexibility index (Phi) is 5.36. The highest BCUT2D eigenvalue weighted by Crippen LogP contribution is 2.19. The molecular formula is C20H24N2O3. The third kappa shape index (κ3) is 4.18. The molecule has 5 heteroatoms. The molecule has 0 aliphatic heterocycles. The molecule has 0 aliphatic carbocycles. The van der Waals surface area contributed by atoms with Gasteiger partial charge in [0.2, 0.25) is 0 Å². The van der Waals surface area contributed by atoms with Crippen LogP contribution in [-0.2, 0) is 17.9 Å². The summed E-state index contributed by atoms with van der Waals surface area (Å²) >= 11 is 0. The van der Waals surface area contributed by atoms with Crippen molar-refractivity contribution in [1.29, 1.82) is 0 Å². The van der Waals surface area contributed by atoms with E-state index < -0.39 is 6.10 Å². The number of methoxy groups -OCH3 is 1. The van der Waals surface area contributed by atoms with Crippen molar-refractivity contribution in [3.63, 3.8) is 0 Å². The number of hydrogen-bond acceptors (Lipinski definition) is 4. The van der Waals surface area contributed by atoms with Gasteiger partial charge in [-0.1, -0.05) is 18.2 Å². The molecular weight excluding hydrogens is 316 g/mol. The molecule has 1 N–H and O–H groups in total. The average molecular weight is 340 g/mol. The van der Waals surface area contributed by atoms with Gasteiger partial charge < -0.3 is 19.1 Å². The maximum Gasteiger partial charge on any atom is 0.136 e. The van der Waals surface area contributed by atoms with Gasteiger partial charge in [0.05, 0.1) is 17.6 Å². The largest absolute Gasteiger partial charge is 0.491 e. The lowest BCUT2D eigenvalue weighted by atomic mass is 10.1. The van der Waals surface area contributed by atoms with Gasteiger partial charge in [0.25, 0.3) is 0 Å². The summed E-state index contributed by atoms with van der Waals surface area (Å²) in [6, 6.07) is 13.9. The minimum Gasteiger partial charge on any atom is -0.491 e. The first-order chi connectivity index (χ1) is 12.1. The van der Waals surface area contributed by atoms with E-state index in [2.05, 4.69) is 11.1 Å². The number of aryl methyl sites for hydroxylation is 2. The zero-order chi connectivity index (χ0) is 17.8. The van der Waals surface area contributed by atoms with E-state index in [1.807, 2.05) is 54.8 Å². The second kappa shape index (κ2) is 7.68. The molecule has 3 aromatic rings. The number of hydrogen-bond donors (Lipinski definition) is 1. The average Bonchev–Trinajstić information content (AvgIpc) is 2.90. The van der Waals surface area contributed by atoms with Crippen LogP contribution in [0.5, 0.6) is 5.75 Å². The van der Waals surface area contributed by atoms with E-state index in [-0.39, 0.29) is 6.61 Å². The number of aliphatic hydroxyl groups excluding tert-OH is 1. The Hall–Kier alpha value is -2.37. The fourth-order valence-corrected chi connectivity index (χ4v) is 3.04. The van der Waals surface area contributed by atoms with Crippen LogP contribution in [-0.4, -0.2) is 34.5 Å². The van der Waals surface area contributed by atoms with E-state index in [1.54, 1.807) is 7.11 Å². The molecule has 0 spiro atoms. The molecule has 1 heterocycles. The summed E-state index contributed by atoms with van der Waals surface area (Å²) in [6.07, 6.45) is -0.644. The van der Waals surface area contributed by atoms with E-state index >= 15 is 0 Å². The number of ether oxygens (including phenoxy) is 2. The Balaban J connectivity index is 1.73. The maximum absolute atomic E-state index is 10.5. The zero-order valence-corrected chi connectivity index (χ0v) is 14.9. The lowest BCUT2D eigenvalue weighted by Gasteiger charge is -2.16. The SMILES string of the molecule is COCc1nc2ccccc2n1C[C@@H](O)COc1cc(C)cc(C)c1. The number of nitrogens with zero attached hydrogens (tertiary/aromatic N) is 2. The summed E-state index contributed by atoms with van der Waals surface area (Å²) in [6.45, 7) is 5.10. The molecule has 3 rings (SSSR count). The van der Waals surface area contributed by atoms with E-state index in [9.17, 15) is 5.11 Å². The van der Waals surface area contributed by atoms with Crippen LogP contribution in [0.1, 0.15) is 17.0 Å². The second-order valence-corrected chi connectivity index (χ2v) is 6.35. The normalized spacial score (nSPS) is 12.5. The van der Waals surface area contributed by atoms with Gasteiger partial charge in [0.15, 0.2) is 0 Å². The number of aromatic nitrogens is 2. The van der Waals surface area contributed by atoms with Crippen LogP contribution in [0.15, 0.2) is 42.5 Å². The third-order valence-electron chi connectivity index (χ3n) is 4.04. The first-order valence-electron chi connectivity index (χ1n) is 8.39. The van der Waals surface area contributed by atoms with Crippen molar-refractivity contribution in [2.45, 2.75) is 33.1 Å². The quantitative estimate of drug-likeness (QED) is 0.717. The predicted octanol–water partition coefficient (Wildman–Crippen LogP) is 3.24. The van der Waals surface area contributed by atoms with Crippen LogP contribution in [0.3, 0.4) is 0 Å². The Morgan fingerprint density at radius 1 is 1.12 bits per heavy atom. The standard InChI is InChI=1S/C20H24N2O3/c1-14-8-15(2)10-17(9-14)25-12-16(23)11-22-19-7-5-4-6-18(19)21-20(22)13-24-3/h4-10,16,23H,11-13H2,1-3H3/t16-/m1/s1. The molecule has 0 saturated heterocycles. The molecule has 0 unspecified atom stereocenters. The highest BCUT2D eigenvalue weighted by Gasteiger charge is 2.14. The number of benzene rings is 2. The molecule has 0 bridgehead atoms. The van der Waals surface area contributed by atoms with Crippen LogP contribution in [0.2, 0.25) is 0 Å². The van der Waals surface area contributed by atoms with Crippen molar-refractivity contribution in [1.82, 2.24) is 9.55 Å². The van der Waals surface area contributed by atoms with Gasteiger partial charge in [0, 0.05) is 7.11 Å². The zero-order valence-electron chi connectivity index (χ0n) is 14.9. The molecule has 132 valence electrons. The van der Waals surface area contributed by atoms with Crippen LogP contribution in [0.4, 0.5) is 0 Å². The van der Waals surface area contributed by atoms with Crippen molar-refractivity contribution in [3.8, 4) is 5.75 Å². The Morgan fingerprint density at radius 2 is 1.84 bits per heavy atom. The van der Waals surface area contributed by atoms with Crippen LogP contribution < -0.4 is 4.74 Å². The lowest BCUT2D eigenvalue weighted by Crippen LogP contribution is -2.24. The Morgan fingerprint density at radius 3 is 2.56 bits per heavy atom. The van der Waals surface area contributed by atoms with Crippen molar-refractivity contribution in [2.24, 2.45) is 0 Å².